The van der Waals surface area contributed by atoms with Gasteiger partial charge in [-0.25, -0.2) is 0 Å². The molecule has 3 nitrogen and oxygen atoms in total. The summed E-state index contributed by atoms with van der Waals surface area (Å²) in [5, 5.41) is 3.78. The standard InChI is InChI=1S/C11H22N2OS/c1-5-13(6-2)10(14)7-9-12-11(3,4)8-15-9/h9,12H,5-8H2,1-4H3. The molecule has 0 aliphatic carbocycles. The van der Waals surface area contributed by atoms with Crippen LogP contribution in [0.4, 0.5) is 0 Å². The lowest BCUT2D eigenvalue weighted by Crippen LogP contribution is -2.41. The molecular weight excluding hydrogens is 208 g/mol. The van der Waals surface area contributed by atoms with E-state index in [0.29, 0.717) is 11.8 Å². The van der Waals surface area contributed by atoms with Crippen LogP contribution >= 0.6 is 11.8 Å². The van der Waals surface area contributed by atoms with Crippen LogP contribution in [0.5, 0.6) is 0 Å². The Labute approximate surface area is 97.0 Å². The van der Waals surface area contributed by atoms with Crippen molar-refractivity contribution < 1.29 is 4.79 Å². The molecule has 1 unspecified atom stereocenters. The van der Waals surface area contributed by atoms with Crippen LogP contribution < -0.4 is 5.32 Å². The molecule has 88 valence electrons. The van der Waals surface area contributed by atoms with Crippen LogP contribution in [-0.2, 0) is 4.79 Å². The van der Waals surface area contributed by atoms with Crippen molar-refractivity contribution in [1.29, 1.82) is 0 Å². The highest BCUT2D eigenvalue weighted by Gasteiger charge is 2.32. The van der Waals surface area contributed by atoms with Gasteiger partial charge in [0.05, 0.1) is 11.8 Å². The van der Waals surface area contributed by atoms with Gasteiger partial charge < -0.3 is 4.90 Å². The van der Waals surface area contributed by atoms with E-state index in [1.54, 1.807) is 0 Å². The number of nitrogens with zero attached hydrogens (tertiary/aromatic N) is 1. The zero-order valence-electron chi connectivity index (χ0n) is 10.2. The van der Waals surface area contributed by atoms with Gasteiger partial charge in [-0.1, -0.05) is 0 Å². The lowest BCUT2D eigenvalue weighted by Gasteiger charge is -2.22. The Balaban J connectivity index is 2.39. The number of hydrogen-bond donors (Lipinski definition) is 1. The van der Waals surface area contributed by atoms with Gasteiger partial charge in [0.2, 0.25) is 5.91 Å². The normalized spacial score (nSPS) is 24.1. The van der Waals surface area contributed by atoms with E-state index in [1.807, 2.05) is 30.5 Å². The van der Waals surface area contributed by atoms with E-state index in [4.69, 9.17) is 0 Å². The van der Waals surface area contributed by atoms with E-state index in [9.17, 15) is 4.79 Å². The number of nitrogens with one attached hydrogen (secondary N) is 1. The van der Waals surface area contributed by atoms with Crippen molar-refractivity contribution in [2.75, 3.05) is 18.8 Å². The molecule has 1 rings (SSSR count). The molecule has 0 spiro atoms. The van der Waals surface area contributed by atoms with Gasteiger partial charge in [0.15, 0.2) is 0 Å². The quantitative estimate of drug-likeness (QED) is 0.797. The summed E-state index contributed by atoms with van der Waals surface area (Å²) in [6.45, 7) is 10.1. The van der Waals surface area contributed by atoms with E-state index in [1.165, 1.54) is 0 Å². The molecule has 1 heterocycles. The number of carbonyl (C=O) groups excluding carboxylic acids is 1. The molecule has 0 aromatic rings. The fourth-order valence-corrected chi connectivity index (χ4v) is 3.17. The third kappa shape index (κ3) is 3.68. The van der Waals surface area contributed by atoms with Gasteiger partial charge in [-0.2, -0.15) is 0 Å². The van der Waals surface area contributed by atoms with Crippen molar-refractivity contribution >= 4 is 17.7 Å². The first-order chi connectivity index (χ1) is 6.98. The third-order valence-corrected chi connectivity index (χ3v) is 4.25. The Morgan fingerprint density at radius 2 is 2.07 bits per heavy atom. The van der Waals surface area contributed by atoms with Crippen LogP contribution in [0.3, 0.4) is 0 Å². The molecule has 0 saturated carbocycles. The van der Waals surface area contributed by atoms with Gasteiger partial charge in [-0.05, 0) is 27.7 Å². The predicted molar refractivity (Wildman–Crippen MR) is 66.0 cm³/mol. The Bertz CT molecular complexity index is 227. The van der Waals surface area contributed by atoms with Gasteiger partial charge in [-0.3, -0.25) is 10.1 Å². The molecule has 15 heavy (non-hydrogen) atoms. The number of carbonyl (C=O) groups is 1. The maximum absolute atomic E-state index is 11.8. The second kappa shape index (κ2) is 5.21. The largest absolute Gasteiger partial charge is 0.343 e. The first kappa shape index (κ1) is 12.8. The first-order valence-corrected chi connectivity index (χ1v) is 6.70. The fourth-order valence-electron chi connectivity index (χ4n) is 1.80. The van der Waals surface area contributed by atoms with E-state index in [2.05, 4.69) is 19.2 Å². The minimum atomic E-state index is 0.179. The summed E-state index contributed by atoms with van der Waals surface area (Å²) in [6, 6.07) is 0. The van der Waals surface area contributed by atoms with Crippen LogP contribution in [0.15, 0.2) is 0 Å². The second-order valence-electron chi connectivity index (χ2n) is 4.60. The number of thioether (sulfide) groups is 1. The minimum Gasteiger partial charge on any atom is -0.343 e. The topological polar surface area (TPSA) is 32.3 Å². The molecule has 1 aliphatic rings. The molecule has 0 radical (unpaired) electrons. The van der Waals surface area contributed by atoms with Gasteiger partial charge in [0.1, 0.15) is 0 Å². The number of hydrogen-bond acceptors (Lipinski definition) is 3. The highest BCUT2D eigenvalue weighted by atomic mass is 32.2. The Hall–Kier alpha value is -0.220. The molecule has 1 N–H and O–H groups in total. The molecule has 1 amide bonds. The fraction of sp³-hybridized carbons (Fsp3) is 0.909. The van der Waals surface area contributed by atoms with Crippen molar-refractivity contribution in [1.82, 2.24) is 10.2 Å². The van der Waals surface area contributed by atoms with Crippen LogP contribution in [0, 0.1) is 0 Å². The number of amides is 1. The van der Waals surface area contributed by atoms with E-state index < -0.39 is 0 Å². The summed E-state index contributed by atoms with van der Waals surface area (Å²) in [7, 11) is 0. The highest BCUT2D eigenvalue weighted by molar-refractivity contribution is 8.00. The summed E-state index contributed by atoms with van der Waals surface area (Å²) < 4.78 is 0. The maximum atomic E-state index is 11.8. The summed E-state index contributed by atoms with van der Waals surface area (Å²) in [5.41, 5.74) is 0.179. The zero-order chi connectivity index (χ0) is 11.5. The smallest absolute Gasteiger partial charge is 0.224 e. The van der Waals surface area contributed by atoms with E-state index in [0.717, 1.165) is 18.8 Å². The van der Waals surface area contributed by atoms with Crippen molar-refractivity contribution in [2.45, 2.75) is 45.0 Å². The molecule has 1 saturated heterocycles. The molecule has 1 aliphatic heterocycles. The Kier molecular flexibility index (Phi) is 4.46. The third-order valence-electron chi connectivity index (χ3n) is 2.67. The molecular formula is C11H22N2OS. The number of rotatable bonds is 4. The van der Waals surface area contributed by atoms with E-state index in [-0.39, 0.29) is 11.4 Å². The van der Waals surface area contributed by atoms with Crippen molar-refractivity contribution in [3.05, 3.63) is 0 Å². The van der Waals surface area contributed by atoms with Gasteiger partial charge in [-0.15, -0.1) is 11.8 Å². The molecule has 0 aromatic carbocycles. The van der Waals surface area contributed by atoms with Gasteiger partial charge >= 0.3 is 0 Å². The molecule has 4 heteroatoms. The lowest BCUT2D eigenvalue weighted by atomic mass is 10.1. The average Bonchev–Trinajstić information content (AvgIpc) is 2.47. The lowest BCUT2D eigenvalue weighted by molar-refractivity contribution is -0.130. The summed E-state index contributed by atoms with van der Waals surface area (Å²) in [5.74, 6) is 1.35. The molecule has 0 bridgehead atoms. The predicted octanol–water partition coefficient (Wildman–Crippen LogP) is 1.69. The first-order valence-electron chi connectivity index (χ1n) is 5.65. The Morgan fingerprint density at radius 3 is 2.47 bits per heavy atom. The Morgan fingerprint density at radius 1 is 1.47 bits per heavy atom. The average molecular weight is 230 g/mol. The zero-order valence-corrected chi connectivity index (χ0v) is 11.0. The van der Waals surface area contributed by atoms with Crippen molar-refractivity contribution in [3.8, 4) is 0 Å². The summed E-state index contributed by atoms with van der Waals surface area (Å²) in [4.78, 5) is 13.7. The molecule has 1 fully saturated rings. The summed E-state index contributed by atoms with van der Waals surface area (Å²) >= 11 is 1.86. The molecule has 1 atom stereocenters. The minimum absolute atomic E-state index is 0.179. The van der Waals surface area contributed by atoms with Crippen molar-refractivity contribution in [3.63, 3.8) is 0 Å². The van der Waals surface area contributed by atoms with Crippen LogP contribution in [0.1, 0.15) is 34.1 Å². The highest BCUT2D eigenvalue weighted by Crippen LogP contribution is 2.28. The van der Waals surface area contributed by atoms with E-state index >= 15 is 0 Å². The van der Waals surface area contributed by atoms with Crippen LogP contribution in [-0.4, -0.2) is 40.6 Å². The van der Waals surface area contributed by atoms with Crippen LogP contribution in [0.2, 0.25) is 0 Å². The monoisotopic (exact) mass is 230 g/mol. The van der Waals surface area contributed by atoms with Gasteiger partial charge in [0.25, 0.3) is 0 Å². The molecule has 0 aromatic heterocycles. The summed E-state index contributed by atoms with van der Waals surface area (Å²) in [6.07, 6.45) is 0.621. The SMILES string of the molecule is CCN(CC)C(=O)CC1NC(C)(C)CS1. The van der Waals surface area contributed by atoms with Crippen LogP contribution in [0.25, 0.3) is 0 Å². The maximum Gasteiger partial charge on any atom is 0.224 e. The van der Waals surface area contributed by atoms with Gasteiger partial charge in [0, 0.05) is 24.4 Å². The van der Waals surface area contributed by atoms with Crippen molar-refractivity contribution in [2.24, 2.45) is 0 Å². The second-order valence-corrected chi connectivity index (χ2v) is 5.79.